The predicted molar refractivity (Wildman–Crippen MR) is 75.3 cm³/mol. The molecule has 1 aliphatic heterocycles. The zero-order valence-electron chi connectivity index (χ0n) is 11.1. The summed E-state index contributed by atoms with van der Waals surface area (Å²) in [5.41, 5.74) is 0.748. The normalized spacial score (nSPS) is 17.3. The maximum Gasteiger partial charge on any atom is 0.319 e. The number of urea groups is 1. The van der Waals surface area contributed by atoms with Gasteiger partial charge in [0.15, 0.2) is 0 Å². The summed E-state index contributed by atoms with van der Waals surface area (Å²) in [5, 5.41) is 5.71. The number of aromatic nitrogens is 3. The van der Waals surface area contributed by atoms with Crippen molar-refractivity contribution in [3.05, 3.63) is 42.7 Å². The number of hydrogen-bond donors (Lipinski definition) is 2. The topological polar surface area (TPSA) is 71.8 Å². The second kappa shape index (κ2) is 5.73. The molecule has 0 saturated carbocycles. The average Bonchev–Trinajstić information content (AvgIpc) is 2.93. The molecule has 2 aromatic heterocycles. The van der Waals surface area contributed by atoms with E-state index in [0.29, 0.717) is 12.5 Å². The Morgan fingerprint density at radius 2 is 2.20 bits per heavy atom. The number of hydrogen-bond acceptors (Lipinski definition) is 3. The van der Waals surface area contributed by atoms with Crippen LogP contribution in [0.5, 0.6) is 0 Å². The molecule has 2 aromatic rings. The summed E-state index contributed by atoms with van der Waals surface area (Å²) in [6.07, 6.45) is 9.17. The van der Waals surface area contributed by atoms with Crippen molar-refractivity contribution in [1.82, 2.24) is 19.9 Å². The highest BCUT2D eigenvalue weighted by Gasteiger charge is 2.19. The summed E-state index contributed by atoms with van der Waals surface area (Å²) in [7, 11) is 0. The molecule has 2 N–H and O–H groups in total. The number of pyridine rings is 1. The van der Waals surface area contributed by atoms with Gasteiger partial charge in [0.2, 0.25) is 0 Å². The lowest BCUT2D eigenvalue weighted by atomic mass is 9.99. The van der Waals surface area contributed by atoms with E-state index in [9.17, 15) is 4.79 Å². The molecule has 0 aromatic carbocycles. The van der Waals surface area contributed by atoms with Crippen molar-refractivity contribution in [1.29, 1.82) is 0 Å². The first-order valence-electron chi connectivity index (χ1n) is 6.76. The first-order chi connectivity index (χ1) is 9.81. The van der Waals surface area contributed by atoms with Crippen molar-refractivity contribution in [2.24, 2.45) is 5.92 Å². The van der Waals surface area contributed by atoms with E-state index in [1.165, 1.54) is 0 Å². The Kier molecular flexibility index (Phi) is 3.62. The number of carbonyl (C=O) groups is 1. The number of nitrogens with zero attached hydrogens (tertiary/aromatic N) is 3. The maximum absolute atomic E-state index is 11.8. The van der Waals surface area contributed by atoms with Crippen LogP contribution in [0.15, 0.2) is 36.9 Å². The Balaban J connectivity index is 1.47. The molecule has 0 aliphatic carbocycles. The van der Waals surface area contributed by atoms with E-state index in [2.05, 4.69) is 25.2 Å². The van der Waals surface area contributed by atoms with Gasteiger partial charge in [-0.05, 0) is 24.5 Å². The van der Waals surface area contributed by atoms with E-state index < -0.39 is 0 Å². The summed E-state index contributed by atoms with van der Waals surface area (Å²) < 4.78 is 2.16. The van der Waals surface area contributed by atoms with Crippen molar-refractivity contribution in [3.8, 4) is 0 Å². The number of amides is 2. The van der Waals surface area contributed by atoms with Gasteiger partial charge in [-0.1, -0.05) is 0 Å². The predicted octanol–water partition coefficient (Wildman–Crippen LogP) is 1.66. The van der Waals surface area contributed by atoms with Gasteiger partial charge in [0.05, 0.1) is 0 Å². The summed E-state index contributed by atoms with van der Waals surface area (Å²) in [5.74, 6) is 1.60. The van der Waals surface area contributed by atoms with Crippen LogP contribution < -0.4 is 10.6 Å². The van der Waals surface area contributed by atoms with Crippen molar-refractivity contribution >= 4 is 11.7 Å². The minimum Gasteiger partial charge on any atom is -0.338 e. The molecule has 2 amide bonds. The second-order valence-corrected chi connectivity index (χ2v) is 4.97. The first-order valence-corrected chi connectivity index (χ1v) is 6.76. The number of imidazole rings is 1. The average molecular weight is 271 g/mol. The zero-order valence-corrected chi connectivity index (χ0v) is 11.1. The number of anilines is 1. The summed E-state index contributed by atoms with van der Waals surface area (Å²) in [6.45, 7) is 1.60. The van der Waals surface area contributed by atoms with Crippen LogP contribution in [0, 0.1) is 5.92 Å². The molecule has 0 bridgehead atoms. The standard InChI is InChI=1S/C14H17N5O/c20-14(18-12-3-5-15-6-4-12)17-9-11-1-2-13-16-7-8-19(13)10-11/h3-8,11H,1-2,9-10H2,(H2,15,17,18,20)/t11-/m0/s1. The van der Waals surface area contributed by atoms with E-state index >= 15 is 0 Å². The zero-order chi connectivity index (χ0) is 13.8. The molecule has 1 atom stereocenters. The van der Waals surface area contributed by atoms with E-state index in [0.717, 1.165) is 30.9 Å². The molecule has 104 valence electrons. The van der Waals surface area contributed by atoms with Gasteiger partial charge in [-0.2, -0.15) is 0 Å². The molecule has 0 radical (unpaired) electrons. The maximum atomic E-state index is 11.8. The van der Waals surface area contributed by atoms with Crippen molar-refractivity contribution < 1.29 is 4.79 Å². The fourth-order valence-corrected chi connectivity index (χ4v) is 2.45. The SMILES string of the molecule is O=C(NC[C@@H]1CCc2nccn2C1)Nc1ccncc1. The first kappa shape index (κ1) is 12.7. The van der Waals surface area contributed by atoms with E-state index in [-0.39, 0.29) is 6.03 Å². The lowest BCUT2D eigenvalue weighted by Gasteiger charge is -2.24. The van der Waals surface area contributed by atoms with E-state index in [1.54, 1.807) is 24.5 Å². The second-order valence-electron chi connectivity index (χ2n) is 4.97. The Morgan fingerprint density at radius 1 is 1.35 bits per heavy atom. The van der Waals surface area contributed by atoms with Crippen LogP contribution in [0.25, 0.3) is 0 Å². The van der Waals surface area contributed by atoms with E-state index in [1.807, 2.05) is 12.4 Å². The minimum atomic E-state index is -0.173. The fourth-order valence-electron chi connectivity index (χ4n) is 2.45. The molecule has 0 unspecified atom stereocenters. The molecule has 6 heteroatoms. The highest BCUT2D eigenvalue weighted by atomic mass is 16.2. The van der Waals surface area contributed by atoms with Crippen LogP contribution in [-0.2, 0) is 13.0 Å². The van der Waals surface area contributed by atoms with Crippen LogP contribution >= 0.6 is 0 Å². The van der Waals surface area contributed by atoms with Gasteiger partial charge in [0.25, 0.3) is 0 Å². The smallest absolute Gasteiger partial charge is 0.319 e. The van der Waals surface area contributed by atoms with Crippen molar-refractivity contribution in [2.75, 3.05) is 11.9 Å². The molecular weight excluding hydrogens is 254 g/mol. The lowest BCUT2D eigenvalue weighted by molar-refractivity contribution is 0.247. The van der Waals surface area contributed by atoms with Gasteiger partial charge in [0.1, 0.15) is 5.82 Å². The van der Waals surface area contributed by atoms with Gasteiger partial charge >= 0.3 is 6.03 Å². The summed E-state index contributed by atoms with van der Waals surface area (Å²) in [4.78, 5) is 20.0. The van der Waals surface area contributed by atoms with E-state index in [4.69, 9.17) is 0 Å². The number of rotatable bonds is 3. The Labute approximate surface area is 117 Å². The van der Waals surface area contributed by atoms with Crippen molar-refractivity contribution in [2.45, 2.75) is 19.4 Å². The number of nitrogens with one attached hydrogen (secondary N) is 2. The third-order valence-electron chi connectivity index (χ3n) is 3.52. The van der Waals surface area contributed by atoms with Crippen LogP contribution in [0.2, 0.25) is 0 Å². The molecule has 20 heavy (non-hydrogen) atoms. The van der Waals surface area contributed by atoms with Crippen LogP contribution in [0.3, 0.4) is 0 Å². The van der Waals surface area contributed by atoms with Crippen LogP contribution in [0.4, 0.5) is 10.5 Å². The number of carbonyl (C=O) groups excluding carboxylic acids is 1. The van der Waals surface area contributed by atoms with Gasteiger partial charge in [-0.3, -0.25) is 4.98 Å². The summed E-state index contributed by atoms with van der Waals surface area (Å²) in [6, 6.07) is 3.35. The minimum absolute atomic E-state index is 0.173. The molecule has 3 rings (SSSR count). The van der Waals surface area contributed by atoms with Gasteiger partial charge in [-0.25, -0.2) is 9.78 Å². The van der Waals surface area contributed by atoms with Gasteiger partial charge in [-0.15, -0.1) is 0 Å². The van der Waals surface area contributed by atoms with Crippen LogP contribution in [-0.4, -0.2) is 27.1 Å². The molecule has 3 heterocycles. The molecule has 0 spiro atoms. The van der Waals surface area contributed by atoms with Crippen LogP contribution in [0.1, 0.15) is 12.2 Å². The monoisotopic (exact) mass is 271 g/mol. The molecule has 0 fully saturated rings. The third-order valence-corrected chi connectivity index (χ3v) is 3.52. The van der Waals surface area contributed by atoms with Gasteiger partial charge < -0.3 is 15.2 Å². The van der Waals surface area contributed by atoms with Crippen molar-refractivity contribution in [3.63, 3.8) is 0 Å². The molecular formula is C14H17N5O. The Bertz CT molecular complexity index is 580. The Morgan fingerprint density at radius 3 is 3.05 bits per heavy atom. The Hall–Kier alpha value is -2.37. The third kappa shape index (κ3) is 2.96. The molecule has 6 nitrogen and oxygen atoms in total. The molecule has 0 saturated heterocycles. The number of aryl methyl sites for hydroxylation is 1. The number of fused-ring (bicyclic) bond motifs is 1. The highest BCUT2D eigenvalue weighted by Crippen LogP contribution is 2.17. The fraction of sp³-hybridized carbons (Fsp3) is 0.357. The highest BCUT2D eigenvalue weighted by molar-refractivity contribution is 5.89. The summed E-state index contributed by atoms with van der Waals surface area (Å²) >= 11 is 0. The lowest BCUT2D eigenvalue weighted by Crippen LogP contribution is -2.36. The molecule has 1 aliphatic rings. The van der Waals surface area contributed by atoms with Gasteiger partial charge in [0, 0.05) is 50.0 Å². The largest absolute Gasteiger partial charge is 0.338 e. The quantitative estimate of drug-likeness (QED) is 0.891.